The molecule has 4 aromatic carbocycles. The van der Waals surface area contributed by atoms with Crippen LogP contribution in [-0.2, 0) is 26.4 Å². The molecule has 0 nitrogen and oxygen atoms in total. The van der Waals surface area contributed by atoms with Gasteiger partial charge >= 0.3 is 395 Å². The van der Waals surface area contributed by atoms with Gasteiger partial charge in [-0.1, -0.05) is 0 Å². The quantitative estimate of drug-likeness (QED) is 0.116. The molecule has 0 heterocycles. The van der Waals surface area contributed by atoms with E-state index in [-0.39, 0.29) is 52.4 Å². The summed E-state index contributed by atoms with van der Waals surface area (Å²) in [7, 11) is 16.9. The van der Waals surface area contributed by atoms with Crippen LogP contribution in [0, 0.1) is 5.92 Å². The van der Waals surface area contributed by atoms with Gasteiger partial charge in [0.15, 0.2) is 0 Å². The van der Waals surface area contributed by atoms with Gasteiger partial charge in [0.05, 0.1) is 0 Å². The van der Waals surface area contributed by atoms with Crippen molar-refractivity contribution in [3.63, 3.8) is 0 Å². The summed E-state index contributed by atoms with van der Waals surface area (Å²) in [6, 6.07) is 13.3. The maximum atomic E-state index is 14.1. The Morgan fingerprint density at radius 1 is 0.493 bits per heavy atom. The van der Waals surface area contributed by atoms with Crippen LogP contribution in [0.25, 0.3) is 34.4 Å². The second-order valence-electron chi connectivity index (χ2n) is 18.2. The molecule has 0 aromatic heterocycles. The number of rotatable bonds is 9. The summed E-state index contributed by atoms with van der Waals surface area (Å²) in [4.78, 5) is 0. The van der Waals surface area contributed by atoms with Crippen molar-refractivity contribution in [2.24, 2.45) is 5.92 Å². The van der Waals surface area contributed by atoms with Crippen molar-refractivity contribution in [1.29, 1.82) is 0 Å². The van der Waals surface area contributed by atoms with E-state index in [0.29, 0.717) is 41.5 Å². The van der Waals surface area contributed by atoms with E-state index in [1.165, 1.54) is 12.1 Å². The number of allylic oxidation sites excluding steroid dienone is 2. The number of alkyl halides is 18. The van der Waals surface area contributed by atoms with Gasteiger partial charge in [0.25, 0.3) is 0 Å². The zero-order valence-electron chi connectivity index (χ0n) is 36.1. The van der Waals surface area contributed by atoms with Crippen molar-refractivity contribution >= 4 is 35.1 Å². The first-order chi connectivity index (χ1) is 31.5. The summed E-state index contributed by atoms with van der Waals surface area (Å²) >= 11 is -5.80. The van der Waals surface area contributed by atoms with Gasteiger partial charge in [0, 0.05) is 0 Å². The second kappa shape index (κ2) is 17.2. The van der Waals surface area contributed by atoms with E-state index < -0.39 is 87.7 Å². The summed E-state index contributed by atoms with van der Waals surface area (Å²) in [5, 5.41) is 0. The van der Waals surface area contributed by atoms with Crippen molar-refractivity contribution in [3.8, 4) is 22.3 Å². The molecular weight excluding hydrogens is 1100 g/mol. The summed E-state index contributed by atoms with van der Waals surface area (Å²) in [6.07, 6.45) is -34.0. The topological polar surface area (TPSA) is 0 Å². The molecule has 69 heavy (non-hydrogen) atoms. The first-order valence-electron chi connectivity index (χ1n) is 21.4. The van der Waals surface area contributed by atoms with Crippen LogP contribution in [0.5, 0.6) is 0 Å². The molecule has 4 aromatic rings. The number of hydrogen-bond donors (Lipinski definition) is 0. The Balaban J connectivity index is 1.39. The molecule has 0 radical (unpaired) electrons. The number of halogens is 20. The SMILES string of the molecule is CCC1=Cc2c(-c3ccc(C(C(F)(F)F)(C(F)(F)F)C(F)(F)F)cc3)cccc2[CH]1[Zr]([Cl])([Cl])([CH]1C(C2CCCC2)=Cc2c(-c3ccc(C(C(F)(F)F)(C(F)(F)F)C(F)(F)F)cc3)cccc21)[SiH](C)C. The van der Waals surface area contributed by atoms with Crippen LogP contribution in [0.3, 0.4) is 0 Å². The van der Waals surface area contributed by atoms with Gasteiger partial charge in [-0.2, -0.15) is 0 Å². The summed E-state index contributed by atoms with van der Waals surface area (Å²) in [5.41, 5.74) is -12.5. The summed E-state index contributed by atoms with van der Waals surface area (Å²) in [5.74, 6) is -2.48. The number of hydrogen-bond acceptors (Lipinski definition) is 0. The van der Waals surface area contributed by atoms with Gasteiger partial charge in [-0.15, -0.1) is 0 Å². The molecule has 3 aliphatic rings. The first kappa shape index (κ1) is 53.6. The average molecular weight is 1140 g/mol. The van der Waals surface area contributed by atoms with E-state index >= 15 is 0 Å². The van der Waals surface area contributed by atoms with Crippen LogP contribution in [0.1, 0.15) is 79.7 Å². The van der Waals surface area contributed by atoms with E-state index in [9.17, 15) is 79.0 Å². The third-order valence-corrected chi connectivity index (χ3v) is 66.3. The fourth-order valence-electron chi connectivity index (χ4n) is 11.2. The molecule has 2 unspecified atom stereocenters. The van der Waals surface area contributed by atoms with Crippen molar-refractivity contribution < 1.29 is 94.6 Å². The van der Waals surface area contributed by atoms with E-state index in [1.807, 2.05) is 26.1 Å². The van der Waals surface area contributed by atoms with Crippen LogP contribution >= 0.6 is 17.0 Å². The molecule has 0 saturated heterocycles. The zero-order chi connectivity index (χ0) is 51.5. The van der Waals surface area contributed by atoms with Crippen molar-refractivity contribution in [1.82, 2.24) is 0 Å². The van der Waals surface area contributed by atoms with Crippen molar-refractivity contribution in [2.75, 3.05) is 0 Å². The summed E-state index contributed by atoms with van der Waals surface area (Å²) in [6.45, 7) is 5.75. The standard InChI is InChI=1S/C24H18F9.C21H14F9.C2H7Si.2ClH.Zr/c25-22(26,27)21(23(28,29)30,24(31,32)33)18-10-8-15(9-11-18)19-7-3-6-16-12-17(13-20(16)19)14-4-1-2-5-14;1-2-12-10-14-4-3-5-16(17(14)11-12)13-6-8-15(9-7-13)18(19(22,23)24,20(25,26)27)21(28,29)30;1-3-2;;;/h3,6-14H,1-2,4-5H2;3-11H,2H2,1H3;3H,1-2H3;2*1H;/q;;;;;+2/p-2. The van der Waals surface area contributed by atoms with Crippen molar-refractivity contribution in [3.05, 3.63) is 129 Å². The molecule has 0 spiro atoms. The Morgan fingerprint density at radius 3 is 1.17 bits per heavy atom. The molecular formula is C47H39Cl2F18SiZr. The molecule has 22 heteroatoms. The zero-order valence-corrected chi connectivity index (χ0v) is 41.3. The van der Waals surface area contributed by atoms with E-state index in [2.05, 4.69) is 0 Å². The molecule has 0 aliphatic heterocycles. The van der Waals surface area contributed by atoms with Crippen LogP contribution in [0.15, 0.2) is 96.1 Å². The van der Waals surface area contributed by atoms with Gasteiger partial charge in [0.2, 0.25) is 0 Å². The molecule has 7 rings (SSSR count). The van der Waals surface area contributed by atoms with E-state index in [0.717, 1.165) is 48.3 Å². The minimum absolute atomic E-state index is 0.00611. The molecule has 2 atom stereocenters. The molecule has 3 aliphatic carbocycles. The maximum absolute atomic E-state index is 14.1. The van der Waals surface area contributed by atoms with E-state index in [1.54, 1.807) is 30.3 Å². The monoisotopic (exact) mass is 1130 g/mol. The van der Waals surface area contributed by atoms with Crippen LogP contribution < -0.4 is 0 Å². The molecule has 0 N–H and O–H groups in total. The Kier molecular flexibility index (Phi) is 13.4. The minimum atomic E-state index is -6.83. The van der Waals surface area contributed by atoms with Crippen molar-refractivity contribution in [2.45, 2.75) is 107 Å². The third-order valence-electron chi connectivity index (χ3n) is 14.5. The normalized spacial score (nSPS) is 19.6. The molecule has 375 valence electrons. The summed E-state index contributed by atoms with van der Waals surface area (Å²) < 4.78 is 252. The fourth-order valence-corrected chi connectivity index (χ4v) is 42.6. The first-order valence-corrected chi connectivity index (χ1v) is 37.7. The molecule has 0 bridgehead atoms. The van der Waals surface area contributed by atoms with Gasteiger partial charge in [-0.05, 0) is 0 Å². The van der Waals surface area contributed by atoms with Crippen LogP contribution in [-0.4, -0.2) is 43.0 Å². The third kappa shape index (κ3) is 7.90. The Labute approximate surface area is 392 Å². The second-order valence-corrected chi connectivity index (χ2v) is 60.7. The van der Waals surface area contributed by atoms with Gasteiger partial charge in [-0.3, -0.25) is 0 Å². The molecule has 0 amide bonds. The predicted octanol–water partition coefficient (Wildman–Crippen LogP) is 18.0. The van der Waals surface area contributed by atoms with Gasteiger partial charge in [0.1, 0.15) is 0 Å². The number of fused-ring (bicyclic) bond motifs is 2. The van der Waals surface area contributed by atoms with E-state index in [4.69, 9.17) is 17.0 Å². The Hall–Kier alpha value is -3.22. The molecule has 1 fully saturated rings. The number of benzene rings is 4. The van der Waals surface area contributed by atoms with Crippen LogP contribution in [0.2, 0.25) is 13.1 Å². The van der Waals surface area contributed by atoms with Gasteiger partial charge in [-0.25, -0.2) is 0 Å². The molecule has 1 saturated carbocycles. The van der Waals surface area contributed by atoms with Gasteiger partial charge < -0.3 is 0 Å². The average Bonchev–Trinajstić information content (AvgIpc) is 3.97. The van der Waals surface area contributed by atoms with Crippen LogP contribution in [0.4, 0.5) is 79.0 Å². The Bertz CT molecular complexity index is 2590. The fraction of sp³-hybridized carbons (Fsp3) is 0.404. The predicted molar refractivity (Wildman–Crippen MR) is 228 cm³/mol. The Morgan fingerprint density at radius 2 is 0.841 bits per heavy atom.